The average molecular weight is 347 g/mol. The highest BCUT2D eigenvalue weighted by Gasteiger charge is 2.40. The Morgan fingerprint density at radius 2 is 2.08 bits per heavy atom. The molecule has 3 heterocycles. The van der Waals surface area contributed by atoms with E-state index in [2.05, 4.69) is 10.3 Å². The van der Waals surface area contributed by atoms with Gasteiger partial charge in [0.25, 0.3) is 0 Å². The fraction of sp³-hybridized carbons (Fsp3) is 0.471. The summed E-state index contributed by atoms with van der Waals surface area (Å²) in [6.45, 7) is 3.07. The number of sulfonamides is 1. The molecule has 6 nitrogen and oxygen atoms in total. The summed E-state index contributed by atoms with van der Waals surface area (Å²) in [5.41, 5.74) is 0. The highest BCUT2D eigenvalue weighted by Crippen LogP contribution is 2.36. The molecule has 7 heteroatoms. The number of hydrogen-bond acceptors (Lipinski definition) is 5. The minimum absolute atomic E-state index is 0.311. The maximum atomic E-state index is 13.3. The first-order chi connectivity index (χ1) is 11.6. The number of nitrogens with zero attached hydrogens (tertiary/aromatic N) is 2. The number of methoxy groups -OCH3 is 1. The smallest absolute Gasteiger partial charge is 0.243 e. The number of piperidine rings is 1. The Morgan fingerprint density at radius 1 is 1.25 bits per heavy atom. The fourth-order valence-electron chi connectivity index (χ4n) is 3.90. The Balaban J connectivity index is 1.79. The Morgan fingerprint density at radius 3 is 2.88 bits per heavy atom. The summed E-state index contributed by atoms with van der Waals surface area (Å²) in [5, 5.41) is 4.75. The molecule has 1 aromatic heterocycles. The van der Waals surface area contributed by atoms with Crippen molar-refractivity contribution in [1.82, 2.24) is 14.6 Å². The minimum Gasteiger partial charge on any atom is -0.494 e. The lowest BCUT2D eigenvalue weighted by atomic mass is 9.90. The molecular weight excluding hydrogens is 326 g/mol. The van der Waals surface area contributed by atoms with Crippen molar-refractivity contribution in [3.63, 3.8) is 0 Å². The van der Waals surface area contributed by atoms with Crippen LogP contribution in [-0.2, 0) is 10.0 Å². The SMILES string of the molecule is COc1cncc2cccc(S(=O)(=O)N3CC4CCNCC4C3)c12. The van der Waals surface area contributed by atoms with Crippen molar-refractivity contribution in [3.8, 4) is 5.75 Å². The molecular formula is C17H21N3O3S. The van der Waals surface area contributed by atoms with Crippen molar-refractivity contribution < 1.29 is 13.2 Å². The Hall–Kier alpha value is -1.70. The number of hydrogen-bond donors (Lipinski definition) is 1. The molecule has 4 rings (SSSR count). The maximum absolute atomic E-state index is 13.3. The zero-order valence-electron chi connectivity index (χ0n) is 13.6. The first kappa shape index (κ1) is 15.8. The number of aromatic nitrogens is 1. The van der Waals surface area contributed by atoms with E-state index in [0.717, 1.165) is 24.9 Å². The molecule has 2 aliphatic heterocycles. The highest BCUT2D eigenvalue weighted by molar-refractivity contribution is 7.89. The topological polar surface area (TPSA) is 71.5 Å². The van der Waals surface area contributed by atoms with Gasteiger partial charge in [-0.15, -0.1) is 0 Å². The minimum atomic E-state index is -3.56. The first-order valence-electron chi connectivity index (χ1n) is 8.23. The second-order valence-corrected chi connectivity index (χ2v) is 8.44. The average Bonchev–Trinajstić information content (AvgIpc) is 3.05. The lowest BCUT2D eigenvalue weighted by Crippen LogP contribution is -2.35. The molecule has 2 saturated heterocycles. The Bertz CT molecular complexity index is 849. The molecule has 0 saturated carbocycles. The van der Waals surface area contributed by atoms with Gasteiger partial charge in [-0.3, -0.25) is 4.98 Å². The normalized spacial score (nSPS) is 24.9. The van der Waals surface area contributed by atoms with Crippen LogP contribution in [-0.4, -0.2) is 51.0 Å². The quantitative estimate of drug-likeness (QED) is 0.910. The van der Waals surface area contributed by atoms with Crippen molar-refractivity contribution in [1.29, 1.82) is 0 Å². The third-order valence-electron chi connectivity index (χ3n) is 5.19. The molecule has 0 spiro atoms. The van der Waals surface area contributed by atoms with Crippen LogP contribution < -0.4 is 10.1 Å². The highest BCUT2D eigenvalue weighted by atomic mass is 32.2. The van der Waals surface area contributed by atoms with E-state index in [1.165, 1.54) is 7.11 Å². The monoisotopic (exact) mass is 347 g/mol. The number of nitrogens with one attached hydrogen (secondary N) is 1. The van der Waals surface area contributed by atoms with Gasteiger partial charge in [0.05, 0.1) is 18.2 Å². The van der Waals surface area contributed by atoms with Crippen LogP contribution in [0.15, 0.2) is 35.5 Å². The van der Waals surface area contributed by atoms with Gasteiger partial charge in [0.1, 0.15) is 5.75 Å². The van der Waals surface area contributed by atoms with E-state index < -0.39 is 10.0 Å². The second-order valence-electron chi connectivity index (χ2n) is 6.53. The molecule has 0 aliphatic carbocycles. The van der Waals surface area contributed by atoms with E-state index in [1.54, 1.807) is 28.8 Å². The van der Waals surface area contributed by atoms with E-state index in [4.69, 9.17) is 4.74 Å². The predicted molar refractivity (Wildman–Crippen MR) is 91.5 cm³/mol. The Kier molecular flexibility index (Phi) is 3.94. The van der Waals surface area contributed by atoms with E-state index in [1.807, 2.05) is 6.07 Å². The lowest BCUT2D eigenvalue weighted by Gasteiger charge is -2.24. The number of benzene rings is 1. The van der Waals surface area contributed by atoms with Gasteiger partial charge in [-0.25, -0.2) is 8.42 Å². The van der Waals surface area contributed by atoms with Crippen molar-refractivity contribution in [3.05, 3.63) is 30.6 Å². The third kappa shape index (κ3) is 2.47. The molecule has 2 unspecified atom stereocenters. The first-order valence-corrected chi connectivity index (χ1v) is 9.67. The molecule has 0 radical (unpaired) electrons. The fourth-order valence-corrected chi connectivity index (χ4v) is 5.68. The van der Waals surface area contributed by atoms with Gasteiger partial charge >= 0.3 is 0 Å². The van der Waals surface area contributed by atoms with Crippen molar-refractivity contribution >= 4 is 20.8 Å². The van der Waals surface area contributed by atoms with Gasteiger partial charge < -0.3 is 10.1 Å². The number of pyridine rings is 1. The van der Waals surface area contributed by atoms with Gasteiger partial charge in [-0.1, -0.05) is 12.1 Å². The molecule has 1 N–H and O–H groups in total. The number of ether oxygens (including phenoxy) is 1. The molecule has 128 valence electrons. The molecule has 2 fully saturated rings. The molecule has 0 amide bonds. The zero-order chi connectivity index (χ0) is 16.7. The van der Waals surface area contributed by atoms with Crippen LogP contribution in [0.4, 0.5) is 0 Å². The van der Waals surface area contributed by atoms with Crippen LogP contribution in [0, 0.1) is 11.8 Å². The Labute approximate surface area is 141 Å². The van der Waals surface area contributed by atoms with Crippen molar-refractivity contribution in [2.45, 2.75) is 11.3 Å². The summed E-state index contributed by atoms with van der Waals surface area (Å²) < 4.78 is 33.6. The summed E-state index contributed by atoms with van der Waals surface area (Å²) in [5.74, 6) is 1.36. The number of rotatable bonds is 3. The van der Waals surface area contributed by atoms with E-state index in [-0.39, 0.29) is 0 Å². The third-order valence-corrected chi connectivity index (χ3v) is 7.06. The van der Waals surface area contributed by atoms with Crippen LogP contribution in [0.2, 0.25) is 0 Å². The maximum Gasteiger partial charge on any atom is 0.243 e. The van der Waals surface area contributed by atoms with Crippen LogP contribution in [0.5, 0.6) is 5.75 Å². The van der Waals surface area contributed by atoms with E-state index in [0.29, 0.717) is 41.0 Å². The zero-order valence-corrected chi connectivity index (χ0v) is 14.4. The largest absolute Gasteiger partial charge is 0.494 e. The number of fused-ring (bicyclic) bond motifs is 2. The predicted octanol–water partition coefficient (Wildman–Crippen LogP) is 1.47. The van der Waals surface area contributed by atoms with E-state index >= 15 is 0 Å². The lowest BCUT2D eigenvalue weighted by molar-refractivity contribution is 0.318. The van der Waals surface area contributed by atoms with Crippen LogP contribution in [0.25, 0.3) is 10.8 Å². The molecule has 24 heavy (non-hydrogen) atoms. The summed E-state index contributed by atoms with van der Waals surface area (Å²) >= 11 is 0. The summed E-state index contributed by atoms with van der Waals surface area (Å²) in [4.78, 5) is 4.43. The standard InChI is InChI=1S/C17H21N3O3S/c1-23-15-9-19-7-12-3-2-4-16(17(12)15)24(21,22)20-10-13-5-6-18-8-14(13)11-20/h2-4,7,9,13-14,18H,5-6,8,10-11H2,1H3. The molecule has 2 atom stereocenters. The molecule has 2 aliphatic rings. The summed E-state index contributed by atoms with van der Waals surface area (Å²) in [6.07, 6.45) is 4.28. The van der Waals surface area contributed by atoms with E-state index in [9.17, 15) is 8.42 Å². The summed E-state index contributed by atoms with van der Waals surface area (Å²) in [7, 11) is -2.02. The second kappa shape index (κ2) is 5.98. The van der Waals surface area contributed by atoms with Gasteiger partial charge in [-0.05, 0) is 37.4 Å². The van der Waals surface area contributed by atoms with Crippen LogP contribution in [0.1, 0.15) is 6.42 Å². The summed E-state index contributed by atoms with van der Waals surface area (Å²) in [6, 6.07) is 5.29. The molecule has 1 aromatic carbocycles. The molecule has 0 bridgehead atoms. The van der Waals surface area contributed by atoms with Gasteiger partial charge in [0.2, 0.25) is 10.0 Å². The van der Waals surface area contributed by atoms with Crippen LogP contribution >= 0.6 is 0 Å². The molecule has 2 aromatic rings. The van der Waals surface area contributed by atoms with Crippen LogP contribution in [0.3, 0.4) is 0 Å². The van der Waals surface area contributed by atoms with Gasteiger partial charge in [0, 0.05) is 30.1 Å². The van der Waals surface area contributed by atoms with Gasteiger partial charge in [0.15, 0.2) is 0 Å². The van der Waals surface area contributed by atoms with Crippen molar-refractivity contribution in [2.75, 3.05) is 33.3 Å². The van der Waals surface area contributed by atoms with Gasteiger partial charge in [-0.2, -0.15) is 4.31 Å². The van der Waals surface area contributed by atoms with Crippen molar-refractivity contribution in [2.24, 2.45) is 11.8 Å².